The van der Waals surface area contributed by atoms with Gasteiger partial charge in [0.1, 0.15) is 0 Å². The minimum atomic E-state index is -0.302. The molecule has 0 saturated carbocycles. The number of carbonyl (C=O) groups is 1. The fourth-order valence-electron chi connectivity index (χ4n) is 2.34. The lowest BCUT2D eigenvalue weighted by Crippen LogP contribution is -2.53. The average molecular weight is 264 g/mol. The Hall–Kier alpha value is -1.73. The van der Waals surface area contributed by atoms with Gasteiger partial charge in [0.05, 0.1) is 0 Å². The van der Waals surface area contributed by atoms with Crippen molar-refractivity contribution in [1.29, 1.82) is 0 Å². The SMILES string of the molecule is NCC(CC(N)=O)N1CCN(c2ncccn2)CC1. The summed E-state index contributed by atoms with van der Waals surface area (Å²) in [5.41, 5.74) is 11.0. The summed E-state index contributed by atoms with van der Waals surface area (Å²) in [5, 5.41) is 0. The van der Waals surface area contributed by atoms with Gasteiger partial charge < -0.3 is 16.4 Å². The van der Waals surface area contributed by atoms with Crippen molar-refractivity contribution in [2.75, 3.05) is 37.6 Å². The van der Waals surface area contributed by atoms with Crippen molar-refractivity contribution in [2.24, 2.45) is 11.5 Å². The van der Waals surface area contributed by atoms with E-state index >= 15 is 0 Å². The Bertz CT molecular complexity index is 404. The molecule has 0 radical (unpaired) electrons. The molecule has 2 rings (SSSR count). The van der Waals surface area contributed by atoms with Gasteiger partial charge in [-0.15, -0.1) is 0 Å². The fraction of sp³-hybridized carbons (Fsp3) is 0.583. The summed E-state index contributed by atoms with van der Waals surface area (Å²) in [6, 6.07) is 1.84. The molecule has 1 aliphatic heterocycles. The Morgan fingerprint density at radius 3 is 2.42 bits per heavy atom. The van der Waals surface area contributed by atoms with Gasteiger partial charge in [-0.3, -0.25) is 9.69 Å². The quantitative estimate of drug-likeness (QED) is 0.693. The van der Waals surface area contributed by atoms with Gasteiger partial charge in [-0.05, 0) is 6.07 Å². The van der Waals surface area contributed by atoms with Gasteiger partial charge in [0.15, 0.2) is 0 Å². The molecule has 1 aromatic rings. The van der Waals surface area contributed by atoms with Gasteiger partial charge in [0.25, 0.3) is 0 Å². The van der Waals surface area contributed by atoms with Crippen LogP contribution in [-0.4, -0.2) is 59.5 Å². The molecule has 1 unspecified atom stereocenters. The predicted octanol–water partition coefficient (Wildman–Crippen LogP) is -1.20. The topological polar surface area (TPSA) is 101 Å². The van der Waals surface area contributed by atoms with Crippen molar-refractivity contribution < 1.29 is 4.79 Å². The number of nitrogens with two attached hydrogens (primary N) is 2. The summed E-state index contributed by atoms with van der Waals surface area (Å²) in [4.78, 5) is 23.8. The number of rotatable bonds is 5. The number of hydrogen-bond donors (Lipinski definition) is 2. The summed E-state index contributed by atoms with van der Waals surface area (Å²) in [5.74, 6) is 0.450. The maximum atomic E-state index is 11.0. The number of anilines is 1. The molecule has 2 heterocycles. The van der Waals surface area contributed by atoms with E-state index in [1.54, 1.807) is 18.5 Å². The monoisotopic (exact) mass is 264 g/mol. The Morgan fingerprint density at radius 1 is 1.26 bits per heavy atom. The van der Waals surface area contributed by atoms with Crippen molar-refractivity contribution in [1.82, 2.24) is 14.9 Å². The van der Waals surface area contributed by atoms with Gasteiger partial charge in [-0.25, -0.2) is 9.97 Å². The van der Waals surface area contributed by atoms with Crippen LogP contribution < -0.4 is 16.4 Å². The van der Waals surface area contributed by atoms with Crippen LogP contribution in [0.1, 0.15) is 6.42 Å². The summed E-state index contributed by atoms with van der Waals surface area (Å²) >= 11 is 0. The second-order valence-corrected chi connectivity index (χ2v) is 4.63. The first-order chi connectivity index (χ1) is 9.20. The molecule has 1 saturated heterocycles. The molecule has 1 atom stereocenters. The Kier molecular flexibility index (Phi) is 4.64. The Balaban J connectivity index is 1.89. The van der Waals surface area contributed by atoms with Crippen molar-refractivity contribution in [2.45, 2.75) is 12.5 Å². The van der Waals surface area contributed by atoms with Crippen molar-refractivity contribution in [3.8, 4) is 0 Å². The standard InChI is InChI=1S/C12H20N6O/c13-9-10(8-11(14)19)17-4-6-18(7-5-17)12-15-2-1-3-16-12/h1-3,10H,4-9,13H2,(H2,14,19). The van der Waals surface area contributed by atoms with E-state index < -0.39 is 0 Å². The fourth-order valence-corrected chi connectivity index (χ4v) is 2.34. The van der Waals surface area contributed by atoms with Gasteiger partial charge >= 0.3 is 0 Å². The van der Waals surface area contributed by atoms with Crippen LogP contribution in [0.15, 0.2) is 18.5 Å². The molecule has 1 amide bonds. The van der Waals surface area contributed by atoms with Gasteiger partial charge in [0.2, 0.25) is 11.9 Å². The molecule has 0 aromatic carbocycles. The third-order valence-corrected chi connectivity index (χ3v) is 3.37. The molecule has 1 fully saturated rings. The van der Waals surface area contributed by atoms with Crippen LogP contribution in [-0.2, 0) is 4.79 Å². The van der Waals surface area contributed by atoms with Crippen LogP contribution in [0.25, 0.3) is 0 Å². The number of carbonyl (C=O) groups excluding carboxylic acids is 1. The molecule has 0 aliphatic carbocycles. The van der Waals surface area contributed by atoms with Crippen molar-refractivity contribution in [3.05, 3.63) is 18.5 Å². The number of amides is 1. The number of piperazine rings is 1. The minimum absolute atomic E-state index is 0.0383. The first-order valence-electron chi connectivity index (χ1n) is 6.45. The van der Waals surface area contributed by atoms with E-state index in [0.717, 1.165) is 32.1 Å². The Morgan fingerprint density at radius 2 is 1.89 bits per heavy atom. The normalized spacial score (nSPS) is 18.3. The van der Waals surface area contributed by atoms with Gasteiger partial charge in [0, 0.05) is 57.6 Å². The molecular weight excluding hydrogens is 244 g/mol. The molecule has 7 nitrogen and oxygen atoms in total. The van der Waals surface area contributed by atoms with Crippen LogP contribution in [0.5, 0.6) is 0 Å². The van der Waals surface area contributed by atoms with Gasteiger partial charge in [-0.2, -0.15) is 0 Å². The van der Waals surface area contributed by atoms with E-state index in [2.05, 4.69) is 19.8 Å². The molecule has 0 spiro atoms. The summed E-state index contributed by atoms with van der Waals surface area (Å²) in [7, 11) is 0. The zero-order valence-corrected chi connectivity index (χ0v) is 10.9. The number of hydrogen-bond acceptors (Lipinski definition) is 6. The van der Waals surface area contributed by atoms with Crippen molar-refractivity contribution >= 4 is 11.9 Å². The highest BCUT2D eigenvalue weighted by atomic mass is 16.1. The lowest BCUT2D eigenvalue weighted by atomic mass is 10.1. The van der Waals surface area contributed by atoms with E-state index in [9.17, 15) is 4.79 Å². The summed E-state index contributed by atoms with van der Waals surface area (Å²) in [6.07, 6.45) is 3.80. The minimum Gasteiger partial charge on any atom is -0.370 e. The maximum absolute atomic E-state index is 11.0. The maximum Gasteiger partial charge on any atom is 0.225 e. The molecule has 19 heavy (non-hydrogen) atoms. The molecule has 104 valence electrons. The first kappa shape index (κ1) is 13.7. The molecule has 1 aliphatic rings. The highest BCUT2D eigenvalue weighted by molar-refractivity contribution is 5.74. The van der Waals surface area contributed by atoms with E-state index in [0.29, 0.717) is 13.0 Å². The molecule has 7 heteroatoms. The number of aromatic nitrogens is 2. The van der Waals surface area contributed by atoms with Crippen LogP contribution in [0.4, 0.5) is 5.95 Å². The molecule has 4 N–H and O–H groups in total. The zero-order chi connectivity index (χ0) is 13.7. The smallest absolute Gasteiger partial charge is 0.225 e. The first-order valence-corrected chi connectivity index (χ1v) is 6.45. The highest BCUT2D eigenvalue weighted by Gasteiger charge is 2.24. The zero-order valence-electron chi connectivity index (χ0n) is 10.9. The van der Waals surface area contributed by atoms with Gasteiger partial charge in [-0.1, -0.05) is 0 Å². The third-order valence-electron chi connectivity index (χ3n) is 3.37. The van der Waals surface area contributed by atoms with Crippen LogP contribution >= 0.6 is 0 Å². The van der Waals surface area contributed by atoms with Crippen LogP contribution in [0, 0.1) is 0 Å². The average Bonchev–Trinajstić information content (AvgIpc) is 2.46. The Labute approximate surface area is 112 Å². The van der Waals surface area contributed by atoms with E-state index in [1.807, 2.05) is 0 Å². The van der Waals surface area contributed by atoms with Crippen LogP contribution in [0.3, 0.4) is 0 Å². The molecule has 0 bridgehead atoms. The van der Waals surface area contributed by atoms with E-state index in [4.69, 9.17) is 11.5 Å². The predicted molar refractivity (Wildman–Crippen MR) is 72.5 cm³/mol. The number of primary amides is 1. The molecular formula is C12H20N6O. The highest BCUT2D eigenvalue weighted by Crippen LogP contribution is 2.12. The summed E-state index contributed by atoms with van der Waals surface area (Å²) < 4.78 is 0. The van der Waals surface area contributed by atoms with Crippen molar-refractivity contribution in [3.63, 3.8) is 0 Å². The summed E-state index contributed by atoms with van der Waals surface area (Å²) in [6.45, 7) is 3.80. The number of nitrogens with zero attached hydrogens (tertiary/aromatic N) is 4. The third kappa shape index (κ3) is 3.62. The lowest BCUT2D eigenvalue weighted by Gasteiger charge is -2.38. The largest absolute Gasteiger partial charge is 0.370 e. The van der Waals surface area contributed by atoms with Crippen LogP contribution in [0.2, 0.25) is 0 Å². The van der Waals surface area contributed by atoms with E-state index in [-0.39, 0.29) is 11.9 Å². The molecule has 1 aromatic heterocycles. The second-order valence-electron chi connectivity index (χ2n) is 4.63. The van der Waals surface area contributed by atoms with E-state index in [1.165, 1.54) is 0 Å². The lowest BCUT2D eigenvalue weighted by molar-refractivity contribution is -0.119. The second kappa shape index (κ2) is 6.44.